The molecular formula is C14H16N4O4S. The molecule has 2 rings (SSSR count). The van der Waals surface area contributed by atoms with Gasteiger partial charge in [-0.3, -0.25) is 9.59 Å². The number of nitrogens with one attached hydrogen (secondary N) is 2. The molecule has 0 aliphatic heterocycles. The maximum Gasteiger partial charge on any atom is 0.235 e. The predicted molar refractivity (Wildman–Crippen MR) is 86.6 cm³/mol. The third-order valence-electron chi connectivity index (χ3n) is 2.59. The van der Waals surface area contributed by atoms with Crippen molar-refractivity contribution in [3.63, 3.8) is 0 Å². The zero-order valence-corrected chi connectivity index (χ0v) is 13.5. The number of thioether (sulfide) groups is 1. The smallest absolute Gasteiger partial charge is 0.235 e. The van der Waals surface area contributed by atoms with Gasteiger partial charge >= 0.3 is 0 Å². The van der Waals surface area contributed by atoms with Crippen LogP contribution in [0.15, 0.2) is 28.9 Å². The summed E-state index contributed by atoms with van der Waals surface area (Å²) >= 11 is 1.19. The topological polar surface area (TPSA) is 106 Å². The molecule has 0 aliphatic carbocycles. The van der Waals surface area contributed by atoms with E-state index in [1.807, 2.05) is 0 Å². The second-order valence-electron chi connectivity index (χ2n) is 4.50. The minimum absolute atomic E-state index is 0.139. The lowest BCUT2D eigenvalue weighted by molar-refractivity contribution is -0.114. The Morgan fingerprint density at radius 3 is 2.57 bits per heavy atom. The molecule has 2 heterocycles. The molecule has 0 saturated carbocycles. The molecule has 2 aromatic rings. The van der Waals surface area contributed by atoms with E-state index in [1.54, 1.807) is 25.1 Å². The van der Waals surface area contributed by atoms with Gasteiger partial charge in [-0.15, -0.1) is 11.8 Å². The number of anilines is 2. The van der Waals surface area contributed by atoms with Crippen molar-refractivity contribution in [2.45, 2.75) is 6.92 Å². The number of pyridine rings is 1. The summed E-state index contributed by atoms with van der Waals surface area (Å²) in [6.07, 6.45) is 1.50. The fourth-order valence-electron chi connectivity index (χ4n) is 1.61. The molecule has 2 amide bonds. The minimum atomic E-state index is -0.248. The van der Waals surface area contributed by atoms with Gasteiger partial charge in [-0.05, 0) is 13.0 Å². The van der Waals surface area contributed by atoms with Crippen LogP contribution in [0.2, 0.25) is 0 Å². The lowest BCUT2D eigenvalue weighted by Crippen LogP contribution is -2.18. The number of nitrogens with zero attached hydrogens (tertiary/aromatic N) is 2. The highest BCUT2D eigenvalue weighted by Crippen LogP contribution is 2.12. The van der Waals surface area contributed by atoms with Crippen LogP contribution >= 0.6 is 11.8 Å². The number of hydrogen-bond acceptors (Lipinski definition) is 7. The summed E-state index contributed by atoms with van der Waals surface area (Å²) in [5, 5.41) is 8.92. The van der Waals surface area contributed by atoms with Crippen LogP contribution in [0, 0.1) is 6.92 Å². The molecular weight excluding hydrogens is 320 g/mol. The predicted octanol–water partition coefficient (Wildman–Crippen LogP) is 1.70. The van der Waals surface area contributed by atoms with Crippen molar-refractivity contribution in [1.82, 2.24) is 10.1 Å². The zero-order chi connectivity index (χ0) is 16.7. The summed E-state index contributed by atoms with van der Waals surface area (Å²) in [6.45, 7) is 1.73. The van der Waals surface area contributed by atoms with Crippen LogP contribution in [0.1, 0.15) is 5.76 Å². The van der Waals surface area contributed by atoms with Crippen LogP contribution in [0.5, 0.6) is 5.88 Å². The molecule has 0 fully saturated rings. The summed E-state index contributed by atoms with van der Waals surface area (Å²) in [6, 6.07) is 4.95. The first-order valence-corrected chi connectivity index (χ1v) is 7.83. The van der Waals surface area contributed by atoms with E-state index in [9.17, 15) is 9.59 Å². The lowest BCUT2D eigenvalue weighted by atomic mass is 10.4. The maximum absolute atomic E-state index is 11.8. The number of aromatic nitrogens is 2. The molecule has 122 valence electrons. The number of aryl methyl sites for hydroxylation is 1. The van der Waals surface area contributed by atoms with E-state index in [0.29, 0.717) is 23.1 Å². The van der Waals surface area contributed by atoms with Gasteiger partial charge < -0.3 is 19.9 Å². The number of hydrogen-bond donors (Lipinski definition) is 2. The summed E-state index contributed by atoms with van der Waals surface area (Å²) in [5.74, 6) is 1.27. The van der Waals surface area contributed by atoms with E-state index in [2.05, 4.69) is 20.8 Å². The fraction of sp³-hybridized carbons (Fsp3) is 0.286. The molecule has 2 N–H and O–H groups in total. The minimum Gasteiger partial charge on any atom is -0.481 e. The van der Waals surface area contributed by atoms with E-state index < -0.39 is 0 Å². The number of methoxy groups -OCH3 is 1. The van der Waals surface area contributed by atoms with Gasteiger partial charge in [-0.25, -0.2) is 4.98 Å². The highest BCUT2D eigenvalue weighted by Gasteiger charge is 2.08. The highest BCUT2D eigenvalue weighted by molar-refractivity contribution is 8.00. The average molecular weight is 336 g/mol. The first-order valence-electron chi connectivity index (χ1n) is 6.67. The molecule has 8 nitrogen and oxygen atoms in total. The van der Waals surface area contributed by atoms with E-state index in [-0.39, 0.29) is 23.3 Å². The second-order valence-corrected chi connectivity index (χ2v) is 5.49. The Balaban J connectivity index is 1.68. The van der Waals surface area contributed by atoms with Gasteiger partial charge in [0, 0.05) is 12.1 Å². The van der Waals surface area contributed by atoms with E-state index >= 15 is 0 Å². The normalized spacial score (nSPS) is 10.2. The molecule has 2 aromatic heterocycles. The number of carbonyl (C=O) groups is 2. The van der Waals surface area contributed by atoms with Crippen molar-refractivity contribution in [1.29, 1.82) is 0 Å². The maximum atomic E-state index is 11.8. The molecule has 0 aromatic carbocycles. The van der Waals surface area contributed by atoms with Gasteiger partial charge in [0.2, 0.25) is 17.7 Å². The molecule has 0 bridgehead atoms. The molecule has 0 spiro atoms. The van der Waals surface area contributed by atoms with Gasteiger partial charge in [0.25, 0.3) is 0 Å². The second kappa shape index (κ2) is 8.18. The number of rotatable bonds is 7. The van der Waals surface area contributed by atoms with Crippen LogP contribution in [0.4, 0.5) is 11.5 Å². The Morgan fingerprint density at radius 1 is 1.26 bits per heavy atom. The van der Waals surface area contributed by atoms with Gasteiger partial charge in [-0.2, -0.15) is 0 Å². The van der Waals surface area contributed by atoms with Crippen molar-refractivity contribution in [2.24, 2.45) is 0 Å². The highest BCUT2D eigenvalue weighted by atomic mass is 32.2. The van der Waals surface area contributed by atoms with Gasteiger partial charge in [0.05, 0.1) is 30.5 Å². The first-order chi connectivity index (χ1) is 11.1. The molecule has 9 heteroatoms. The third-order valence-corrected chi connectivity index (χ3v) is 3.52. The van der Waals surface area contributed by atoms with Crippen LogP contribution in [-0.4, -0.2) is 40.6 Å². The van der Waals surface area contributed by atoms with Gasteiger partial charge in [0.1, 0.15) is 5.76 Å². The quantitative estimate of drug-likeness (QED) is 0.792. The molecule has 0 unspecified atom stereocenters. The van der Waals surface area contributed by atoms with Crippen molar-refractivity contribution < 1.29 is 18.8 Å². The summed E-state index contributed by atoms with van der Waals surface area (Å²) in [5.41, 5.74) is 0.568. The van der Waals surface area contributed by atoms with E-state index in [4.69, 9.17) is 9.26 Å². The van der Waals surface area contributed by atoms with Crippen molar-refractivity contribution in [3.8, 4) is 5.88 Å². The monoisotopic (exact) mass is 336 g/mol. The van der Waals surface area contributed by atoms with Crippen molar-refractivity contribution in [2.75, 3.05) is 29.2 Å². The molecule has 23 heavy (non-hydrogen) atoms. The molecule has 0 radical (unpaired) electrons. The van der Waals surface area contributed by atoms with Crippen LogP contribution < -0.4 is 15.4 Å². The number of ether oxygens (including phenoxy) is 1. The molecule has 0 saturated heterocycles. The number of amides is 2. The van der Waals surface area contributed by atoms with E-state index in [0.717, 1.165) is 0 Å². The zero-order valence-electron chi connectivity index (χ0n) is 12.7. The lowest BCUT2D eigenvalue weighted by Gasteiger charge is -2.05. The third kappa shape index (κ3) is 5.62. The van der Waals surface area contributed by atoms with Crippen LogP contribution in [-0.2, 0) is 9.59 Å². The largest absolute Gasteiger partial charge is 0.481 e. The van der Waals surface area contributed by atoms with Crippen molar-refractivity contribution >= 4 is 35.1 Å². The standard InChI is InChI=1S/C14H16N4O4S/c1-9-5-11(18-22-9)17-13(20)8-23-7-12(19)16-10-3-4-14(21-2)15-6-10/h3-6H,7-8H2,1-2H3,(H,16,19)(H,17,18,20). The Morgan fingerprint density at radius 2 is 2.00 bits per heavy atom. The Kier molecular flexibility index (Phi) is 5.98. The summed E-state index contributed by atoms with van der Waals surface area (Å²) in [4.78, 5) is 27.4. The Labute approximate surface area is 137 Å². The van der Waals surface area contributed by atoms with Gasteiger partial charge in [0.15, 0.2) is 5.82 Å². The van der Waals surface area contributed by atoms with Crippen molar-refractivity contribution in [3.05, 3.63) is 30.2 Å². The Bertz CT molecular complexity index is 672. The number of carbonyl (C=O) groups excluding carboxylic acids is 2. The average Bonchev–Trinajstić information content (AvgIpc) is 2.93. The SMILES string of the molecule is COc1ccc(NC(=O)CSCC(=O)Nc2cc(C)on2)cn1. The van der Waals surface area contributed by atoms with Gasteiger partial charge in [-0.1, -0.05) is 5.16 Å². The van der Waals surface area contributed by atoms with E-state index in [1.165, 1.54) is 25.1 Å². The summed E-state index contributed by atoms with van der Waals surface area (Å²) in [7, 11) is 1.52. The van der Waals surface area contributed by atoms with Crippen LogP contribution in [0.25, 0.3) is 0 Å². The summed E-state index contributed by atoms with van der Waals surface area (Å²) < 4.78 is 9.77. The molecule has 0 aliphatic rings. The van der Waals surface area contributed by atoms with Crippen LogP contribution in [0.3, 0.4) is 0 Å². The Hall–Kier alpha value is -2.55. The fourth-order valence-corrected chi connectivity index (χ4v) is 2.23. The molecule has 0 atom stereocenters. The first kappa shape index (κ1) is 16.8.